The summed E-state index contributed by atoms with van der Waals surface area (Å²) in [4.78, 5) is 40.2. The van der Waals surface area contributed by atoms with Gasteiger partial charge in [0.1, 0.15) is 0 Å². The Morgan fingerprint density at radius 3 is 1.77 bits per heavy atom. The molecule has 1 fully saturated rings. The molecule has 1 aromatic carbocycles. The van der Waals surface area contributed by atoms with Crippen molar-refractivity contribution >= 4 is 31.4 Å². The lowest BCUT2D eigenvalue weighted by atomic mass is 10.2. The third-order valence-electron chi connectivity index (χ3n) is 4.77. The molecule has 1 aromatic rings. The van der Waals surface area contributed by atoms with E-state index in [9.17, 15) is 14.4 Å². The molecule has 7 heteroatoms. The van der Waals surface area contributed by atoms with E-state index in [1.54, 1.807) is 12.1 Å². The average molecular weight is 380 g/mol. The summed E-state index contributed by atoms with van der Waals surface area (Å²) in [6.07, 6.45) is 0.0797. The van der Waals surface area contributed by atoms with E-state index in [4.69, 9.17) is 4.84 Å². The molecule has 0 atom stereocenters. The van der Waals surface area contributed by atoms with E-state index in [0.29, 0.717) is 10.2 Å². The summed E-state index contributed by atoms with van der Waals surface area (Å²) >= 11 is 0. The van der Waals surface area contributed by atoms with Crippen LogP contribution in [0.4, 0.5) is 4.11 Å². The van der Waals surface area contributed by atoms with Gasteiger partial charge in [-0.1, -0.05) is 53.7 Å². The van der Waals surface area contributed by atoms with Crippen LogP contribution in [0.5, 0.6) is 0 Å². The first-order valence-corrected chi connectivity index (χ1v) is 10.5. The molecule has 0 aliphatic carbocycles. The molecule has 1 aliphatic rings. The largest absolute Gasteiger partial charge is 0.363 e. The van der Waals surface area contributed by atoms with Gasteiger partial charge in [-0.3, -0.25) is 9.59 Å². The monoisotopic (exact) mass is 379 g/mol. The van der Waals surface area contributed by atoms with E-state index in [-0.39, 0.29) is 18.4 Å². The maximum atomic E-state index is 16.2. The van der Waals surface area contributed by atoms with E-state index in [1.807, 2.05) is 41.5 Å². The number of carbonyl (C=O) groups is 3. The van der Waals surface area contributed by atoms with E-state index in [1.165, 1.54) is 12.1 Å². The Balaban J connectivity index is 2.28. The van der Waals surface area contributed by atoms with Crippen molar-refractivity contribution in [2.24, 2.45) is 0 Å². The lowest BCUT2D eigenvalue weighted by Crippen LogP contribution is -2.57. The highest BCUT2D eigenvalue weighted by molar-refractivity contribution is 6.90. The van der Waals surface area contributed by atoms with Gasteiger partial charge in [0.15, 0.2) is 0 Å². The number of halogens is 1. The zero-order chi connectivity index (χ0) is 19.9. The number of hydrogen-bond acceptors (Lipinski definition) is 4. The lowest BCUT2D eigenvalue weighted by Gasteiger charge is -2.44. The minimum atomic E-state index is -3.41. The van der Waals surface area contributed by atoms with Crippen molar-refractivity contribution in [3.05, 3.63) is 29.8 Å². The average Bonchev–Trinajstić information content (AvgIpc) is 2.84. The normalized spacial score (nSPS) is 16.2. The fraction of sp³-hybridized carbons (Fsp3) is 0.526. The highest BCUT2D eigenvalue weighted by Crippen LogP contribution is 2.51. The minimum absolute atomic E-state index is 0.0399. The van der Waals surface area contributed by atoms with Gasteiger partial charge in [-0.25, -0.2) is 4.79 Å². The van der Waals surface area contributed by atoms with Crippen molar-refractivity contribution in [2.45, 2.75) is 64.5 Å². The molecule has 142 valence electrons. The lowest BCUT2D eigenvalue weighted by molar-refractivity contribution is -0.172. The first kappa shape index (κ1) is 20.3. The van der Waals surface area contributed by atoms with Gasteiger partial charge in [-0.05, 0) is 27.4 Å². The van der Waals surface area contributed by atoms with Gasteiger partial charge < -0.3 is 8.95 Å². The molecule has 2 amide bonds. The molecule has 0 radical (unpaired) electrons. The fourth-order valence-corrected chi connectivity index (χ4v) is 8.23. The molecule has 0 aromatic heterocycles. The third kappa shape index (κ3) is 3.45. The number of benzene rings is 1. The Kier molecular flexibility index (Phi) is 5.16. The van der Waals surface area contributed by atoms with Crippen LogP contribution in [0, 0.1) is 0 Å². The van der Waals surface area contributed by atoms with Gasteiger partial charge in [0.2, 0.25) is 0 Å². The van der Waals surface area contributed by atoms with Gasteiger partial charge in [-0.15, -0.1) is 5.06 Å². The van der Waals surface area contributed by atoms with Crippen molar-refractivity contribution in [1.82, 2.24) is 5.06 Å². The van der Waals surface area contributed by atoms with E-state index < -0.39 is 36.3 Å². The summed E-state index contributed by atoms with van der Waals surface area (Å²) in [6, 6.07) is 6.21. The first-order chi connectivity index (χ1) is 11.8. The summed E-state index contributed by atoms with van der Waals surface area (Å²) in [6.45, 7) is 11.4. The first-order valence-electron chi connectivity index (χ1n) is 8.66. The van der Waals surface area contributed by atoms with Gasteiger partial charge >= 0.3 is 5.97 Å². The molecule has 1 aliphatic heterocycles. The molecule has 1 saturated heterocycles. The Morgan fingerprint density at radius 2 is 1.38 bits per heavy atom. The maximum Gasteiger partial charge on any atom is 0.363 e. The van der Waals surface area contributed by atoms with Crippen LogP contribution in [-0.4, -0.2) is 31.3 Å². The summed E-state index contributed by atoms with van der Waals surface area (Å²) in [5.41, 5.74) is 0.167. The van der Waals surface area contributed by atoms with Gasteiger partial charge in [0.05, 0.1) is 5.56 Å². The van der Waals surface area contributed by atoms with Crippen LogP contribution in [0.2, 0.25) is 10.1 Å². The SMILES string of the molecule is CC(C)(C)[Si](F)(c1ccc(C(=O)ON2C(=O)CCC2=O)cc1)C(C)(C)C. The minimum Gasteiger partial charge on any atom is -0.325 e. The van der Waals surface area contributed by atoms with Crippen molar-refractivity contribution in [3.8, 4) is 0 Å². The Hall–Kier alpha value is -2.02. The second kappa shape index (κ2) is 6.61. The summed E-state index contributed by atoms with van der Waals surface area (Å²) < 4.78 is 16.2. The van der Waals surface area contributed by atoms with Crippen LogP contribution < -0.4 is 5.19 Å². The Labute approximate surface area is 154 Å². The van der Waals surface area contributed by atoms with Gasteiger partial charge in [0, 0.05) is 12.8 Å². The molecule has 1 heterocycles. The van der Waals surface area contributed by atoms with E-state index in [0.717, 1.165) is 0 Å². The van der Waals surface area contributed by atoms with Crippen LogP contribution >= 0.6 is 0 Å². The van der Waals surface area contributed by atoms with Crippen molar-refractivity contribution in [1.29, 1.82) is 0 Å². The predicted molar refractivity (Wildman–Crippen MR) is 98.9 cm³/mol. The molecule has 0 saturated carbocycles. The molecular formula is C19H26FNO4Si. The Bertz CT molecular complexity index is 701. The van der Waals surface area contributed by atoms with Crippen LogP contribution in [0.25, 0.3) is 0 Å². The van der Waals surface area contributed by atoms with Crippen LogP contribution in [0.3, 0.4) is 0 Å². The number of nitrogens with zero attached hydrogens (tertiary/aromatic N) is 1. The van der Waals surface area contributed by atoms with Crippen molar-refractivity contribution < 1.29 is 23.3 Å². The molecule has 0 spiro atoms. The number of amides is 2. The summed E-state index contributed by atoms with van der Waals surface area (Å²) in [5.74, 6) is -1.87. The van der Waals surface area contributed by atoms with Crippen LogP contribution in [0.15, 0.2) is 24.3 Å². The van der Waals surface area contributed by atoms with Crippen LogP contribution in [0.1, 0.15) is 64.7 Å². The predicted octanol–water partition coefficient (Wildman–Crippen LogP) is 3.63. The number of hydrogen-bond donors (Lipinski definition) is 0. The quantitative estimate of drug-likeness (QED) is 0.457. The molecule has 0 bridgehead atoms. The number of hydroxylamine groups is 2. The van der Waals surface area contributed by atoms with Gasteiger partial charge in [-0.2, -0.15) is 0 Å². The molecule has 26 heavy (non-hydrogen) atoms. The van der Waals surface area contributed by atoms with Gasteiger partial charge in [0.25, 0.3) is 20.2 Å². The fourth-order valence-electron chi connectivity index (χ4n) is 3.62. The second-order valence-electron chi connectivity index (χ2n) is 8.70. The van der Waals surface area contributed by atoms with E-state index >= 15 is 4.11 Å². The van der Waals surface area contributed by atoms with Crippen molar-refractivity contribution in [3.63, 3.8) is 0 Å². The standard InChI is InChI=1S/C19H26FNO4Si/c1-18(2,3)26(20,19(4,5)6)14-9-7-13(8-10-14)17(24)25-21-15(22)11-12-16(21)23/h7-10H,11-12H2,1-6H3. The second-order valence-corrected chi connectivity index (χ2v) is 13.6. The van der Waals surface area contributed by atoms with Crippen molar-refractivity contribution in [2.75, 3.05) is 0 Å². The maximum absolute atomic E-state index is 16.2. The highest BCUT2D eigenvalue weighted by Gasteiger charge is 2.56. The number of imide groups is 1. The molecule has 5 nitrogen and oxygen atoms in total. The summed E-state index contributed by atoms with van der Waals surface area (Å²) in [7, 11) is -3.41. The highest BCUT2D eigenvalue weighted by atomic mass is 28.4. The molecular weight excluding hydrogens is 353 g/mol. The smallest absolute Gasteiger partial charge is 0.325 e. The molecule has 0 unspecified atom stereocenters. The number of carbonyl (C=O) groups excluding carboxylic acids is 3. The van der Waals surface area contributed by atoms with Crippen LogP contribution in [-0.2, 0) is 14.4 Å². The Morgan fingerprint density at radius 1 is 0.962 bits per heavy atom. The topological polar surface area (TPSA) is 63.7 Å². The zero-order valence-corrected chi connectivity index (χ0v) is 17.2. The van der Waals surface area contributed by atoms with E-state index in [2.05, 4.69) is 0 Å². The number of rotatable bonds is 3. The zero-order valence-electron chi connectivity index (χ0n) is 16.2. The third-order valence-corrected chi connectivity index (χ3v) is 10.0. The summed E-state index contributed by atoms with van der Waals surface area (Å²) in [5, 5.41) is 0.0559. The molecule has 0 N–H and O–H groups in total. The molecule has 2 rings (SSSR count).